The van der Waals surface area contributed by atoms with Gasteiger partial charge in [0.25, 0.3) is 0 Å². The van der Waals surface area contributed by atoms with Gasteiger partial charge in [-0.2, -0.15) is 12.6 Å². The third-order valence-electron chi connectivity index (χ3n) is 14.3. The number of rotatable bonds is 20. The van der Waals surface area contributed by atoms with Crippen LogP contribution in [-0.2, 0) is 67.2 Å². The number of nitrogens with zero attached hydrogens (tertiary/aromatic N) is 6. The van der Waals surface area contributed by atoms with Crippen molar-refractivity contribution in [3.63, 3.8) is 0 Å². The third-order valence-corrected chi connectivity index (χ3v) is 14.7. The van der Waals surface area contributed by atoms with Crippen LogP contribution >= 0.6 is 12.6 Å². The van der Waals surface area contributed by atoms with Gasteiger partial charge >= 0.3 is 0 Å². The summed E-state index contributed by atoms with van der Waals surface area (Å²) in [5, 5.41) is 44.3. The van der Waals surface area contributed by atoms with Crippen molar-refractivity contribution in [3.8, 4) is 17.2 Å². The monoisotopic (exact) mass is 1020 g/mol. The van der Waals surface area contributed by atoms with Crippen molar-refractivity contribution in [2.75, 3.05) is 67.8 Å². The summed E-state index contributed by atoms with van der Waals surface area (Å²) in [6.45, 7) is 3.47. The van der Waals surface area contributed by atoms with Crippen molar-refractivity contribution in [1.29, 1.82) is 0 Å². The van der Waals surface area contributed by atoms with Gasteiger partial charge in [-0.15, -0.1) is 5.10 Å². The van der Waals surface area contributed by atoms with E-state index in [0.29, 0.717) is 57.6 Å². The van der Waals surface area contributed by atoms with Crippen LogP contribution in [0.25, 0.3) is 0 Å². The van der Waals surface area contributed by atoms with Crippen LogP contribution in [0.3, 0.4) is 0 Å². The number of carbonyl (C=O) groups is 6. The number of fused-ring (bicyclic) bond motifs is 3. The Morgan fingerprint density at radius 3 is 2.50 bits per heavy atom. The third kappa shape index (κ3) is 10.7. The normalized spacial score (nSPS) is 26.4. The van der Waals surface area contributed by atoms with Gasteiger partial charge in [-0.1, -0.05) is 23.8 Å². The number of methoxy groups -OCH3 is 3. The first-order valence-corrected chi connectivity index (χ1v) is 24.6. The smallest absolute Gasteiger partial charge is 0.242 e. The van der Waals surface area contributed by atoms with Gasteiger partial charge in [-0.25, -0.2) is 4.68 Å². The molecule has 72 heavy (non-hydrogen) atoms. The highest BCUT2D eigenvalue weighted by atomic mass is 32.1. The number of thiol groups is 1. The van der Waals surface area contributed by atoms with Crippen molar-refractivity contribution in [2.45, 2.75) is 119 Å². The van der Waals surface area contributed by atoms with E-state index in [4.69, 9.17) is 33.2 Å². The molecule has 3 aliphatic heterocycles. The van der Waals surface area contributed by atoms with Gasteiger partial charge in [-0.05, 0) is 25.8 Å². The summed E-state index contributed by atoms with van der Waals surface area (Å²) in [5.41, 5.74) is -3.27. The molecule has 1 aromatic heterocycles. The van der Waals surface area contributed by atoms with Gasteiger partial charge in [0.15, 0.2) is 24.1 Å². The molecule has 0 radical (unpaired) electrons. The van der Waals surface area contributed by atoms with E-state index in [-0.39, 0.29) is 84.4 Å². The number of hydrogen-bond donors (Lipinski definition) is 4. The number of ether oxygens (including phenoxy) is 7. The lowest BCUT2D eigenvalue weighted by Gasteiger charge is -2.48. The number of likely N-dealkylation sites (N-methyl/N-ethyl adjacent to an activating group) is 1. The summed E-state index contributed by atoms with van der Waals surface area (Å²) in [4.78, 5) is 84.5. The van der Waals surface area contributed by atoms with Gasteiger partial charge < -0.3 is 53.4 Å². The summed E-state index contributed by atoms with van der Waals surface area (Å²) in [7, 11) is 6.14. The molecule has 0 bridgehead atoms. The maximum absolute atomic E-state index is 14.4. The van der Waals surface area contributed by atoms with E-state index in [1.165, 1.54) is 41.1 Å². The van der Waals surface area contributed by atoms with Crippen LogP contribution in [0, 0.1) is 0 Å². The van der Waals surface area contributed by atoms with E-state index in [0.717, 1.165) is 0 Å². The number of aliphatic hydroxyl groups is 1. The number of morpholine rings is 1. The van der Waals surface area contributed by atoms with Crippen molar-refractivity contribution >= 4 is 47.7 Å². The van der Waals surface area contributed by atoms with Crippen molar-refractivity contribution in [1.82, 2.24) is 29.7 Å². The van der Waals surface area contributed by atoms with E-state index in [9.17, 15) is 44.1 Å². The maximum atomic E-state index is 14.4. The molecule has 3 aromatic rings. The molecular weight excluding hydrogens is 961 g/mol. The second-order valence-corrected chi connectivity index (χ2v) is 19.5. The number of likely N-dealkylation sites (tertiary alicyclic amines) is 1. The molecule has 22 nitrogen and oxygen atoms in total. The molecule has 0 saturated carbocycles. The second kappa shape index (κ2) is 22.4. The maximum Gasteiger partial charge on any atom is 0.242 e. The second-order valence-electron chi connectivity index (χ2n) is 18.8. The van der Waals surface area contributed by atoms with Gasteiger partial charge in [-0.3, -0.25) is 38.6 Å². The Morgan fingerprint density at radius 1 is 1.00 bits per heavy atom. The largest absolute Gasteiger partial charge is 0.507 e. The molecule has 2 aromatic carbocycles. The lowest BCUT2D eigenvalue weighted by atomic mass is 9.71. The topological polar surface area (TPSA) is 268 Å². The number of unbranched alkanes of at least 4 members (excludes halogenated alkanes) is 2. The van der Waals surface area contributed by atoms with Crippen LogP contribution in [0.1, 0.15) is 107 Å². The fourth-order valence-corrected chi connectivity index (χ4v) is 10.7. The molecular formula is C49H62N6O16S. The van der Waals surface area contributed by atoms with E-state index in [2.05, 4.69) is 27.8 Å². The number of aromatic nitrogens is 3. The van der Waals surface area contributed by atoms with Crippen molar-refractivity contribution < 1.29 is 77.2 Å². The Morgan fingerprint density at radius 2 is 1.78 bits per heavy atom. The predicted molar refractivity (Wildman–Crippen MR) is 253 cm³/mol. The first-order valence-electron chi connectivity index (χ1n) is 24.1. The fraction of sp³-hybridized carbons (Fsp3) is 0.592. The lowest BCUT2D eigenvalue weighted by molar-refractivity contribution is -0.270. The van der Waals surface area contributed by atoms with E-state index in [1.54, 1.807) is 26.2 Å². The summed E-state index contributed by atoms with van der Waals surface area (Å²) in [5.74, 6) is -4.14. The van der Waals surface area contributed by atoms with E-state index >= 15 is 0 Å². The molecule has 2 aliphatic carbocycles. The van der Waals surface area contributed by atoms with Crippen LogP contribution in [-0.4, -0.2) is 190 Å². The Balaban J connectivity index is 0.954. The van der Waals surface area contributed by atoms with Crippen LogP contribution in [0.2, 0.25) is 0 Å². The number of hydrogen-bond acceptors (Lipinski definition) is 20. The Hall–Kier alpha value is -5.37. The fourth-order valence-electron chi connectivity index (χ4n) is 10.4. The average Bonchev–Trinajstić information content (AvgIpc) is 3.92. The molecule has 3 amide bonds. The molecule has 8 atom stereocenters. The Labute approximate surface area is 421 Å². The van der Waals surface area contributed by atoms with Gasteiger partial charge in [0, 0.05) is 102 Å². The first kappa shape index (κ1) is 52.9. The molecule has 0 spiro atoms. The van der Waals surface area contributed by atoms with E-state index in [1.807, 2.05) is 6.92 Å². The van der Waals surface area contributed by atoms with Crippen LogP contribution < -0.4 is 4.74 Å². The molecule has 3 saturated heterocycles. The zero-order chi connectivity index (χ0) is 51.6. The number of Topliss-reactive ketones (excluding diaryl/α,β-unsaturated/α-hetero) is 1. The van der Waals surface area contributed by atoms with Crippen LogP contribution in [0.15, 0.2) is 24.4 Å². The highest BCUT2D eigenvalue weighted by molar-refractivity contribution is 7.81. The lowest BCUT2D eigenvalue weighted by Crippen LogP contribution is -2.60. The number of imide groups is 1. The SMILES string of the molecule is COc1cccc2c1C(=O)c1c(O)c3c(c(O)c1C2=O)C[C@@](O)(C(=O)Cn1cc(COCCN(C)C(=O)CCCCCN2C(=O)CC(S)C2=O)nn1)C[C@@H]3O[C@H]1C[C@H](N2CCO[C@H](OC)C2)[C@H](OC)[C@H](C)O1. The zero-order valence-electron chi connectivity index (χ0n) is 40.9. The van der Waals surface area contributed by atoms with Gasteiger partial charge in [0.05, 0.1) is 73.4 Å². The molecule has 3 N–H and O–H groups in total. The molecule has 5 aliphatic rings. The molecule has 4 heterocycles. The van der Waals surface area contributed by atoms with Gasteiger partial charge in [0.2, 0.25) is 23.5 Å². The Bertz CT molecular complexity index is 2580. The minimum Gasteiger partial charge on any atom is -0.507 e. The minimum absolute atomic E-state index is 0.00776. The number of benzene rings is 2. The molecule has 8 rings (SSSR count). The van der Waals surface area contributed by atoms with Crippen LogP contribution in [0.4, 0.5) is 0 Å². The van der Waals surface area contributed by atoms with E-state index < -0.39 is 101 Å². The highest BCUT2D eigenvalue weighted by Gasteiger charge is 2.51. The number of phenols is 2. The summed E-state index contributed by atoms with van der Waals surface area (Å²) in [6.07, 6.45) is -0.918. The number of phenolic OH excluding ortho intramolecular Hbond substituents is 2. The quantitative estimate of drug-likeness (QED) is 0.0426. The van der Waals surface area contributed by atoms with Crippen molar-refractivity contribution in [2.24, 2.45) is 0 Å². The summed E-state index contributed by atoms with van der Waals surface area (Å²) < 4.78 is 42.6. The Kier molecular flexibility index (Phi) is 16.5. The first-order chi connectivity index (χ1) is 34.5. The number of aromatic hydroxyl groups is 2. The summed E-state index contributed by atoms with van der Waals surface area (Å²) in [6, 6.07) is 4.15. The number of ketones is 3. The standard InChI is InChI=1S/C49H62N6O16S/c1-26-47(67-5)30(53-15-17-69-38(24-53)66-4)18-37(70-26)71-32-21-49(64,20-29-40(32)46(62)42-41(44(29)60)43(59)28-10-9-11-31(65-3)39(28)45(42)61)34(56)23-54-22-27(50-51-54)25-68-16-14-52(2)35(57)12-7-6-8-13-55-36(58)19-33(72)48(55)63/h9-11,22,26,30,32-33,37-38,47,60,62,64,72H,6-8,12-21,23-25H2,1-5H3/t26-,30-,32-,33?,37-,38-,47+,49-/m0/s1. The molecule has 390 valence electrons. The molecule has 3 fully saturated rings. The average molecular weight is 1020 g/mol. The predicted octanol–water partition coefficient (Wildman–Crippen LogP) is 1.89. The van der Waals surface area contributed by atoms with Crippen LogP contribution in [0.5, 0.6) is 17.2 Å². The summed E-state index contributed by atoms with van der Waals surface area (Å²) >= 11 is 4.14. The van der Waals surface area contributed by atoms with Crippen molar-refractivity contribution in [3.05, 3.63) is 63.5 Å². The molecule has 23 heteroatoms. The zero-order valence-corrected chi connectivity index (χ0v) is 41.8. The number of carbonyl (C=O) groups excluding carboxylic acids is 6. The molecule has 1 unspecified atom stereocenters. The highest BCUT2D eigenvalue weighted by Crippen LogP contribution is 2.53. The van der Waals surface area contributed by atoms with Gasteiger partial charge in [0.1, 0.15) is 35.1 Å². The number of amides is 3. The minimum atomic E-state index is -2.29.